The molecule has 1 aromatic heterocycles. The van der Waals surface area contributed by atoms with Gasteiger partial charge in [-0.2, -0.15) is 5.10 Å². The first-order chi connectivity index (χ1) is 10.5. The number of rotatable bonds is 6. The minimum atomic E-state index is -0.0558. The number of nitrogens with zero attached hydrogens (tertiary/aromatic N) is 1. The Kier molecular flexibility index (Phi) is 5.33. The number of hydrogen-bond donors (Lipinski definition) is 3. The summed E-state index contributed by atoms with van der Waals surface area (Å²) in [5.41, 5.74) is 3.72. The van der Waals surface area contributed by atoms with Crippen molar-refractivity contribution >= 4 is 11.6 Å². The smallest absolute Gasteiger partial charge is 0.238 e. The minimum Gasteiger partial charge on any atom is -0.322 e. The van der Waals surface area contributed by atoms with E-state index in [1.807, 2.05) is 32.0 Å². The van der Waals surface area contributed by atoms with Crippen LogP contribution in [0.5, 0.6) is 0 Å². The van der Waals surface area contributed by atoms with Gasteiger partial charge in [0, 0.05) is 6.04 Å². The highest BCUT2D eigenvalue weighted by atomic mass is 16.1. The molecule has 5 nitrogen and oxygen atoms in total. The maximum Gasteiger partial charge on any atom is 0.238 e. The van der Waals surface area contributed by atoms with Crippen LogP contribution < -0.4 is 10.6 Å². The lowest BCUT2D eigenvalue weighted by Gasteiger charge is -2.21. The second kappa shape index (κ2) is 7.22. The number of carbonyl (C=O) groups excluding carboxylic acids is 1. The summed E-state index contributed by atoms with van der Waals surface area (Å²) in [6.07, 6.45) is 0. The monoisotopic (exact) mass is 300 g/mol. The number of nitrogens with one attached hydrogen (secondary N) is 3. The molecule has 1 amide bonds. The molecule has 118 valence electrons. The molecule has 22 heavy (non-hydrogen) atoms. The Balaban J connectivity index is 1.86. The van der Waals surface area contributed by atoms with Gasteiger partial charge >= 0.3 is 0 Å². The molecular formula is C17H24N4O. The Morgan fingerprint density at radius 3 is 2.50 bits per heavy atom. The van der Waals surface area contributed by atoms with Gasteiger partial charge in [-0.25, -0.2) is 0 Å². The van der Waals surface area contributed by atoms with Crippen molar-refractivity contribution < 1.29 is 4.79 Å². The van der Waals surface area contributed by atoms with E-state index in [4.69, 9.17) is 0 Å². The summed E-state index contributed by atoms with van der Waals surface area (Å²) in [7, 11) is 0. The first kappa shape index (κ1) is 16.2. The van der Waals surface area contributed by atoms with Crippen LogP contribution >= 0.6 is 0 Å². The Morgan fingerprint density at radius 1 is 1.23 bits per heavy atom. The van der Waals surface area contributed by atoms with E-state index in [1.54, 1.807) is 0 Å². The van der Waals surface area contributed by atoms with Crippen LogP contribution in [0, 0.1) is 13.8 Å². The van der Waals surface area contributed by atoms with Gasteiger partial charge in [0.25, 0.3) is 0 Å². The van der Waals surface area contributed by atoms with Crippen molar-refractivity contribution in [3.8, 4) is 0 Å². The van der Waals surface area contributed by atoms with Crippen LogP contribution in [0.3, 0.4) is 0 Å². The molecule has 5 heteroatoms. The molecule has 0 unspecified atom stereocenters. The van der Waals surface area contributed by atoms with Crippen molar-refractivity contribution in [2.24, 2.45) is 0 Å². The standard InChI is InChI=1S/C17H24N4O/c1-11(15-8-6-5-7-9-15)12(2)18-10-16(22)19-17-13(3)20-21-14(17)4/h5-9,11-12,18H,10H2,1-4H3,(H,19,22)(H,20,21)/t11-,12+/m1/s1. The predicted octanol–water partition coefficient (Wildman–Crippen LogP) is 2.75. The second-order valence-electron chi connectivity index (χ2n) is 5.73. The highest BCUT2D eigenvalue weighted by Gasteiger charge is 2.16. The van der Waals surface area contributed by atoms with Crippen LogP contribution in [0.25, 0.3) is 0 Å². The summed E-state index contributed by atoms with van der Waals surface area (Å²) in [6.45, 7) is 8.30. The third-order valence-corrected chi connectivity index (χ3v) is 4.05. The summed E-state index contributed by atoms with van der Waals surface area (Å²) < 4.78 is 0. The van der Waals surface area contributed by atoms with Crippen molar-refractivity contribution in [2.75, 3.05) is 11.9 Å². The van der Waals surface area contributed by atoms with E-state index >= 15 is 0 Å². The first-order valence-corrected chi connectivity index (χ1v) is 7.58. The van der Waals surface area contributed by atoms with Crippen molar-refractivity contribution in [2.45, 2.75) is 39.7 Å². The molecule has 2 aromatic rings. The normalized spacial score (nSPS) is 13.6. The summed E-state index contributed by atoms with van der Waals surface area (Å²) in [5, 5.41) is 13.1. The molecule has 0 bridgehead atoms. The molecule has 0 aliphatic carbocycles. The molecule has 3 N–H and O–H groups in total. The van der Waals surface area contributed by atoms with Gasteiger partial charge in [-0.15, -0.1) is 0 Å². The number of amides is 1. The molecule has 0 fully saturated rings. The van der Waals surface area contributed by atoms with Gasteiger partial charge in [0.05, 0.1) is 23.6 Å². The van der Waals surface area contributed by atoms with E-state index in [0.29, 0.717) is 5.92 Å². The van der Waals surface area contributed by atoms with E-state index < -0.39 is 0 Å². The molecule has 0 spiro atoms. The van der Waals surface area contributed by atoms with Crippen LogP contribution in [-0.2, 0) is 4.79 Å². The number of hydrogen-bond acceptors (Lipinski definition) is 3. The topological polar surface area (TPSA) is 69.8 Å². The van der Waals surface area contributed by atoms with Gasteiger partial charge in [0.15, 0.2) is 0 Å². The third kappa shape index (κ3) is 3.95. The number of aryl methyl sites for hydroxylation is 2. The van der Waals surface area contributed by atoms with Gasteiger partial charge in [0.2, 0.25) is 5.91 Å². The fraction of sp³-hybridized carbons (Fsp3) is 0.412. The average Bonchev–Trinajstić information content (AvgIpc) is 2.84. The minimum absolute atomic E-state index is 0.0558. The molecule has 2 rings (SSSR count). The lowest BCUT2D eigenvalue weighted by Crippen LogP contribution is -2.37. The molecule has 0 saturated carbocycles. The summed E-state index contributed by atoms with van der Waals surface area (Å²) in [4.78, 5) is 12.1. The van der Waals surface area contributed by atoms with Crippen molar-refractivity contribution in [3.63, 3.8) is 0 Å². The van der Waals surface area contributed by atoms with Gasteiger partial charge in [-0.1, -0.05) is 37.3 Å². The predicted molar refractivity (Wildman–Crippen MR) is 89.0 cm³/mol. The number of H-pyrrole nitrogens is 1. The fourth-order valence-corrected chi connectivity index (χ4v) is 2.39. The van der Waals surface area contributed by atoms with E-state index in [0.717, 1.165) is 17.1 Å². The molecule has 0 aliphatic heterocycles. The number of benzene rings is 1. The first-order valence-electron chi connectivity index (χ1n) is 7.58. The average molecular weight is 300 g/mol. The van der Waals surface area contributed by atoms with Crippen molar-refractivity contribution in [1.29, 1.82) is 0 Å². The Bertz CT molecular complexity index is 601. The zero-order valence-corrected chi connectivity index (χ0v) is 13.6. The van der Waals surface area contributed by atoms with Gasteiger partial charge in [-0.05, 0) is 32.3 Å². The van der Waals surface area contributed by atoms with Crippen LogP contribution in [0.2, 0.25) is 0 Å². The molecule has 1 heterocycles. The summed E-state index contributed by atoms with van der Waals surface area (Å²) >= 11 is 0. The molecular weight excluding hydrogens is 276 g/mol. The molecule has 0 radical (unpaired) electrons. The molecule has 0 aliphatic rings. The lowest BCUT2D eigenvalue weighted by atomic mass is 9.94. The van der Waals surface area contributed by atoms with Gasteiger partial charge < -0.3 is 10.6 Å². The zero-order valence-electron chi connectivity index (χ0n) is 13.6. The molecule has 2 atom stereocenters. The van der Waals surface area contributed by atoms with Crippen molar-refractivity contribution in [3.05, 3.63) is 47.3 Å². The Hall–Kier alpha value is -2.14. The maximum absolute atomic E-state index is 12.1. The zero-order chi connectivity index (χ0) is 16.1. The largest absolute Gasteiger partial charge is 0.322 e. The number of aromatic nitrogens is 2. The maximum atomic E-state index is 12.1. The van der Waals surface area contributed by atoms with Crippen LogP contribution in [-0.4, -0.2) is 28.7 Å². The summed E-state index contributed by atoms with van der Waals surface area (Å²) in [6, 6.07) is 10.5. The summed E-state index contributed by atoms with van der Waals surface area (Å²) in [5.74, 6) is 0.283. The van der Waals surface area contributed by atoms with Crippen molar-refractivity contribution in [1.82, 2.24) is 15.5 Å². The quantitative estimate of drug-likeness (QED) is 0.768. The highest BCUT2D eigenvalue weighted by Crippen LogP contribution is 2.18. The van der Waals surface area contributed by atoms with Gasteiger partial charge in [-0.3, -0.25) is 9.89 Å². The van der Waals surface area contributed by atoms with Crippen LogP contribution in [0.4, 0.5) is 5.69 Å². The highest BCUT2D eigenvalue weighted by molar-refractivity contribution is 5.93. The van der Waals surface area contributed by atoms with E-state index in [2.05, 4.69) is 46.8 Å². The number of anilines is 1. The fourth-order valence-electron chi connectivity index (χ4n) is 2.39. The lowest BCUT2D eigenvalue weighted by molar-refractivity contribution is -0.115. The number of carbonyl (C=O) groups is 1. The Morgan fingerprint density at radius 2 is 1.91 bits per heavy atom. The molecule has 0 saturated heterocycles. The Labute approximate surface area is 131 Å². The SMILES string of the molecule is Cc1n[nH]c(C)c1NC(=O)CN[C@@H](C)[C@@H](C)c1ccccc1. The molecule has 1 aromatic carbocycles. The second-order valence-corrected chi connectivity index (χ2v) is 5.73. The number of aromatic amines is 1. The van der Waals surface area contributed by atoms with Gasteiger partial charge in [0.1, 0.15) is 0 Å². The van der Waals surface area contributed by atoms with Crippen LogP contribution in [0.1, 0.15) is 36.7 Å². The van der Waals surface area contributed by atoms with E-state index in [1.165, 1.54) is 5.56 Å². The van der Waals surface area contributed by atoms with E-state index in [9.17, 15) is 4.79 Å². The van der Waals surface area contributed by atoms with Crippen LogP contribution in [0.15, 0.2) is 30.3 Å². The third-order valence-electron chi connectivity index (χ3n) is 4.05. The van der Waals surface area contributed by atoms with E-state index in [-0.39, 0.29) is 18.5 Å².